The molecule has 0 aliphatic carbocycles. The van der Waals surface area contributed by atoms with Gasteiger partial charge in [0.25, 0.3) is 0 Å². The molecule has 19 heavy (non-hydrogen) atoms. The lowest BCUT2D eigenvalue weighted by molar-refractivity contribution is 0.172. The standard InChI is InChI=1S/C15H13F3O/c1-9-2-4-12(14(18)6-9)15(19)8-10-7-11(16)3-5-13(10)17/h2-7,15,19H,8H2,1H3. The van der Waals surface area contributed by atoms with Crippen LogP contribution in [0, 0.1) is 24.4 Å². The molecule has 1 atom stereocenters. The second kappa shape index (κ2) is 5.45. The van der Waals surface area contributed by atoms with Crippen LogP contribution in [0.4, 0.5) is 13.2 Å². The van der Waals surface area contributed by atoms with Gasteiger partial charge in [-0.3, -0.25) is 0 Å². The Bertz CT molecular complexity index is 596. The van der Waals surface area contributed by atoms with E-state index in [1.54, 1.807) is 13.0 Å². The van der Waals surface area contributed by atoms with Gasteiger partial charge in [-0.1, -0.05) is 12.1 Å². The van der Waals surface area contributed by atoms with Crippen molar-refractivity contribution in [1.29, 1.82) is 0 Å². The zero-order valence-corrected chi connectivity index (χ0v) is 10.3. The number of rotatable bonds is 3. The molecule has 1 unspecified atom stereocenters. The maximum Gasteiger partial charge on any atom is 0.129 e. The normalized spacial score (nSPS) is 12.5. The highest BCUT2D eigenvalue weighted by molar-refractivity contribution is 5.28. The van der Waals surface area contributed by atoms with Crippen molar-refractivity contribution in [1.82, 2.24) is 0 Å². The summed E-state index contributed by atoms with van der Waals surface area (Å²) in [7, 11) is 0. The maximum atomic E-state index is 13.7. The predicted molar refractivity (Wildman–Crippen MR) is 66.2 cm³/mol. The Morgan fingerprint density at radius 2 is 1.74 bits per heavy atom. The van der Waals surface area contributed by atoms with Gasteiger partial charge in [0.15, 0.2) is 0 Å². The van der Waals surface area contributed by atoms with Crippen LogP contribution >= 0.6 is 0 Å². The third-order valence-electron chi connectivity index (χ3n) is 2.94. The lowest BCUT2D eigenvalue weighted by Crippen LogP contribution is -2.06. The predicted octanol–water partition coefficient (Wildman–Crippen LogP) is 3.69. The summed E-state index contributed by atoms with van der Waals surface area (Å²) in [5.74, 6) is -1.76. The SMILES string of the molecule is Cc1ccc(C(O)Cc2cc(F)ccc2F)c(F)c1. The lowest BCUT2D eigenvalue weighted by atomic mass is 9.99. The smallest absolute Gasteiger partial charge is 0.129 e. The van der Waals surface area contributed by atoms with Crippen LogP contribution in [0.3, 0.4) is 0 Å². The number of benzene rings is 2. The van der Waals surface area contributed by atoms with Crippen molar-refractivity contribution in [3.63, 3.8) is 0 Å². The molecule has 2 aromatic rings. The highest BCUT2D eigenvalue weighted by Crippen LogP contribution is 2.23. The van der Waals surface area contributed by atoms with Gasteiger partial charge in [0.1, 0.15) is 17.5 Å². The second-order valence-electron chi connectivity index (χ2n) is 4.48. The molecule has 0 aliphatic heterocycles. The van der Waals surface area contributed by atoms with Gasteiger partial charge in [-0.2, -0.15) is 0 Å². The summed E-state index contributed by atoms with van der Waals surface area (Å²) < 4.78 is 40.1. The Hall–Kier alpha value is -1.81. The molecule has 0 radical (unpaired) electrons. The molecule has 2 rings (SSSR count). The molecular weight excluding hydrogens is 253 g/mol. The van der Waals surface area contributed by atoms with Crippen LogP contribution in [0.5, 0.6) is 0 Å². The molecule has 1 nitrogen and oxygen atoms in total. The number of halogens is 3. The molecule has 0 spiro atoms. The van der Waals surface area contributed by atoms with Crippen LogP contribution in [-0.4, -0.2) is 5.11 Å². The van der Waals surface area contributed by atoms with Crippen molar-refractivity contribution in [2.45, 2.75) is 19.4 Å². The zero-order valence-electron chi connectivity index (χ0n) is 10.3. The molecule has 0 aromatic heterocycles. The van der Waals surface area contributed by atoms with Crippen molar-refractivity contribution in [3.8, 4) is 0 Å². The monoisotopic (exact) mass is 266 g/mol. The van der Waals surface area contributed by atoms with E-state index in [4.69, 9.17) is 0 Å². The first-order valence-corrected chi connectivity index (χ1v) is 5.85. The zero-order chi connectivity index (χ0) is 14.0. The second-order valence-corrected chi connectivity index (χ2v) is 4.48. The van der Waals surface area contributed by atoms with E-state index in [0.717, 1.165) is 23.8 Å². The summed E-state index contributed by atoms with van der Waals surface area (Å²) in [6, 6.07) is 7.39. The minimum atomic E-state index is -1.21. The summed E-state index contributed by atoms with van der Waals surface area (Å²) in [6.07, 6.45) is -1.39. The molecule has 0 saturated carbocycles. The van der Waals surface area contributed by atoms with Crippen LogP contribution < -0.4 is 0 Å². The fourth-order valence-electron chi connectivity index (χ4n) is 1.92. The van der Waals surface area contributed by atoms with E-state index in [-0.39, 0.29) is 17.5 Å². The minimum Gasteiger partial charge on any atom is -0.388 e. The van der Waals surface area contributed by atoms with E-state index in [1.165, 1.54) is 12.1 Å². The average Bonchev–Trinajstić information content (AvgIpc) is 2.33. The van der Waals surface area contributed by atoms with E-state index < -0.39 is 23.6 Å². The quantitative estimate of drug-likeness (QED) is 0.898. The Kier molecular flexibility index (Phi) is 3.90. The van der Waals surface area contributed by atoms with Gasteiger partial charge in [0.05, 0.1) is 6.10 Å². The van der Waals surface area contributed by atoms with Crippen LogP contribution in [0.2, 0.25) is 0 Å². The van der Waals surface area contributed by atoms with Gasteiger partial charge < -0.3 is 5.11 Å². The third-order valence-corrected chi connectivity index (χ3v) is 2.94. The Balaban J connectivity index is 2.25. The van der Waals surface area contributed by atoms with Crippen molar-refractivity contribution < 1.29 is 18.3 Å². The molecule has 0 saturated heterocycles. The van der Waals surface area contributed by atoms with Crippen LogP contribution in [0.1, 0.15) is 22.8 Å². The molecule has 2 aromatic carbocycles. The van der Waals surface area contributed by atoms with Gasteiger partial charge in [0.2, 0.25) is 0 Å². The van der Waals surface area contributed by atoms with E-state index in [1.807, 2.05) is 0 Å². The van der Waals surface area contributed by atoms with Crippen molar-refractivity contribution >= 4 is 0 Å². The summed E-state index contributed by atoms with van der Waals surface area (Å²) >= 11 is 0. The molecule has 0 aliphatic rings. The molecule has 0 bridgehead atoms. The first kappa shape index (κ1) is 13.6. The first-order valence-electron chi connectivity index (χ1n) is 5.85. The summed E-state index contributed by atoms with van der Waals surface area (Å²) in [5, 5.41) is 9.93. The van der Waals surface area contributed by atoms with E-state index in [9.17, 15) is 18.3 Å². The van der Waals surface area contributed by atoms with Gasteiger partial charge in [-0.05, 0) is 42.3 Å². The number of aryl methyl sites for hydroxylation is 1. The van der Waals surface area contributed by atoms with Crippen LogP contribution in [-0.2, 0) is 6.42 Å². The Morgan fingerprint density at radius 1 is 1.00 bits per heavy atom. The van der Waals surface area contributed by atoms with Crippen molar-refractivity contribution in [2.24, 2.45) is 0 Å². The van der Waals surface area contributed by atoms with Gasteiger partial charge >= 0.3 is 0 Å². The molecule has 100 valence electrons. The molecule has 0 amide bonds. The summed E-state index contributed by atoms with van der Waals surface area (Å²) in [4.78, 5) is 0. The number of hydrogen-bond donors (Lipinski definition) is 1. The molecule has 0 fully saturated rings. The highest BCUT2D eigenvalue weighted by atomic mass is 19.1. The minimum absolute atomic E-state index is 0.0208. The van der Waals surface area contributed by atoms with Gasteiger partial charge in [-0.25, -0.2) is 13.2 Å². The molecule has 4 heteroatoms. The van der Waals surface area contributed by atoms with E-state index in [2.05, 4.69) is 0 Å². The largest absolute Gasteiger partial charge is 0.388 e. The van der Waals surface area contributed by atoms with Crippen LogP contribution in [0.25, 0.3) is 0 Å². The van der Waals surface area contributed by atoms with Crippen molar-refractivity contribution in [3.05, 3.63) is 70.5 Å². The number of aliphatic hydroxyl groups excluding tert-OH is 1. The van der Waals surface area contributed by atoms with Crippen molar-refractivity contribution in [2.75, 3.05) is 0 Å². The van der Waals surface area contributed by atoms with Crippen LogP contribution in [0.15, 0.2) is 36.4 Å². The third kappa shape index (κ3) is 3.15. The molecule has 1 N–H and O–H groups in total. The topological polar surface area (TPSA) is 20.2 Å². The lowest BCUT2D eigenvalue weighted by Gasteiger charge is -2.13. The summed E-state index contributed by atoms with van der Waals surface area (Å²) in [6.45, 7) is 1.73. The number of aliphatic hydroxyl groups is 1. The fourth-order valence-corrected chi connectivity index (χ4v) is 1.92. The Morgan fingerprint density at radius 3 is 2.42 bits per heavy atom. The molecule has 0 heterocycles. The Labute approximate surface area is 109 Å². The van der Waals surface area contributed by atoms with Gasteiger partial charge in [-0.15, -0.1) is 0 Å². The maximum absolute atomic E-state index is 13.7. The molecular formula is C15H13F3O. The summed E-state index contributed by atoms with van der Waals surface area (Å²) in [5.41, 5.74) is 0.826. The number of hydrogen-bond acceptors (Lipinski definition) is 1. The fraction of sp³-hybridized carbons (Fsp3) is 0.200. The highest BCUT2D eigenvalue weighted by Gasteiger charge is 2.16. The van der Waals surface area contributed by atoms with Gasteiger partial charge in [0, 0.05) is 12.0 Å². The average molecular weight is 266 g/mol. The van der Waals surface area contributed by atoms with E-state index in [0.29, 0.717) is 0 Å². The van der Waals surface area contributed by atoms with E-state index >= 15 is 0 Å². The first-order chi connectivity index (χ1) is 8.97.